The van der Waals surface area contributed by atoms with Crippen LogP contribution in [0, 0.1) is 5.92 Å². The predicted octanol–water partition coefficient (Wildman–Crippen LogP) is 1.58. The number of aromatic nitrogens is 3. The Kier molecular flexibility index (Phi) is 6.32. The van der Waals surface area contributed by atoms with E-state index in [1.54, 1.807) is 10.8 Å². The van der Waals surface area contributed by atoms with E-state index in [9.17, 15) is 9.59 Å². The summed E-state index contributed by atoms with van der Waals surface area (Å²) in [6.07, 6.45) is 4.39. The molecule has 0 bridgehead atoms. The van der Waals surface area contributed by atoms with Crippen molar-refractivity contribution in [2.45, 2.75) is 39.7 Å². The van der Waals surface area contributed by atoms with Gasteiger partial charge in [-0.1, -0.05) is 6.92 Å². The van der Waals surface area contributed by atoms with Crippen molar-refractivity contribution in [3.05, 3.63) is 28.7 Å². The lowest BCUT2D eigenvalue weighted by Crippen LogP contribution is -2.52. The molecule has 2 aliphatic rings. The van der Waals surface area contributed by atoms with E-state index in [-0.39, 0.29) is 17.4 Å². The van der Waals surface area contributed by atoms with Gasteiger partial charge in [-0.2, -0.15) is 0 Å². The van der Waals surface area contributed by atoms with Crippen LogP contribution in [0.25, 0.3) is 11.2 Å². The minimum atomic E-state index is -0.0967. The predicted molar refractivity (Wildman–Crippen MR) is 118 cm³/mol. The van der Waals surface area contributed by atoms with E-state index in [1.165, 1.54) is 0 Å². The number of carbonyl (C=O) groups is 1. The average molecular weight is 413 g/mol. The van der Waals surface area contributed by atoms with Gasteiger partial charge < -0.3 is 9.80 Å². The lowest BCUT2D eigenvalue weighted by atomic mass is 9.95. The van der Waals surface area contributed by atoms with Crippen molar-refractivity contribution in [3.8, 4) is 0 Å². The van der Waals surface area contributed by atoms with Crippen LogP contribution in [-0.4, -0.2) is 76.1 Å². The van der Waals surface area contributed by atoms with Crippen LogP contribution >= 0.6 is 0 Å². The van der Waals surface area contributed by atoms with Crippen LogP contribution in [-0.2, 0) is 11.3 Å². The normalized spacial score (nSPS) is 18.9. The summed E-state index contributed by atoms with van der Waals surface area (Å²) in [6.45, 7) is 10.8. The molecule has 30 heavy (non-hydrogen) atoms. The van der Waals surface area contributed by atoms with Crippen LogP contribution in [0.4, 0.5) is 5.82 Å². The molecule has 0 saturated carbocycles. The first-order valence-electron chi connectivity index (χ1n) is 11.2. The third-order valence-electron chi connectivity index (χ3n) is 6.37. The summed E-state index contributed by atoms with van der Waals surface area (Å²) in [5.74, 6) is 0.818. The number of carbonyl (C=O) groups excluding carboxylic acids is 1. The molecule has 0 aromatic carbocycles. The van der Waals surface area contributed by atoms with Gasteiger partial charge in [0.2, 0.25) is 5.91 Å². The first kappa shape index (κ1) is 20.8. The van der Waals surface area contributed by atoms with Crippen LogP contribution in [0.5, 0.6) is 0 Å². The maximum atomic E-state index is 13.0. The van der Waals surface area contributed by atoms with Crippen molar-refractivity contribution in [1.82, 2.24) is 24.3 Å². The molecule has 0 unspecified atom stereocenters. The molecule has 0 N–H and O–H groups in total. The second-order valence-electron chi connectivity index (χ2n) is 8.26. The first-order valence-corrected chi connectivity index (χ1v) is 11.2. The van der Waals surface area contributed by atoms with Crippen molar-refractivity contribution in [1.29, 1.82) is 0 Å². The fourth-order valence-corrected chi connectivity index (χ4v) is 4.67. The van der Waals surface area contributed by atoms with Crippen molar-refractivity contribution in [2.75, 3.05) is 50.7 Å². The molecule has 4 rings (SSSR count). The molecule has 2 fully saturated rings. The number of anilines is 1. The molecule has 0 spiro atoms. The summed E-state index contributed by atoms with van der Waals surface area (Å²) < 4.78 is 1.69. The Hall–Kier alpha value is -2.48. The fourth-order valence-electron chi connectivity index (χ4n) is 4.67. The zero-order valence-corrected chi connectivity index (χ0v) is 18.1. The quantitative estimate of drug-likeness (QED) is 0.742. The van der Waals surface area contributed by atoms with Crippen LogP contribution in [0.1, 0.15) is 33.1 Å². The lowest BCUT2D eigenvalue weighted by molar-refractivity contribution is -0.138. The second-order valence-corrected chi connectivity index (χ2v) is 8.26. The summed E-state index contributed by atoms with van der Waals surface area (Å²) in [5.41, 5.74) is 1.26. The lowest BCUT2D eigenvalue weighted by Gasteiger charge is -2.38. The van der Waals surface area contributed by atoms with E-state index in [0.717, 1.165) is 57.5 Å². The van der Waals surface area contributed by atoms with Gasteiger partial charge in [-0.25, -0.2) is 9.97 Å². The molecule has 8 heteroatoms. The van der Waals surface area contributed by atoms with E-state index in [0.29, 0.717) is 31.1 Å². The SMILES string of the molecule is CCCN1CCN(C(=O)C2CCN(c3nc4cccnc4n(CC)c3=O)CC2)CC1. The molecule has 2 saturated heterocycles. The molecular formula is C22H32N6O2. The largest absolute Gasteiger partial charge is 0.352 e. The zero-order chi connectivity index (χ0) is 21.1. The highest BCUT2D eigenvalue weighted by Gasteiger charge is 2.31. The van der Waals surface area contributed by atoms with Gasteiger partial charge in [0.15, 0.2) is 11.5 Å². The Morgan fingerprint density at radius 1 is 1.10 bits per heavy atom. The number of amides is 1. The van der Waals surface area contributed by atoms with E-state index in [4.69, 9.17) is 0 Å². The maximum Gasteiger partial charge on any atom is 0.295 e. The average Bonchev–Trinajstić information content (AvgIpc) is 2.79. The molecule has 162 valence electrons. The minimum absolute atomic E-state index is 0.0505. The van der Waals surface area contributed by atoms with Gasteiger partial charge in [0.25, 0.3) is 5.56 Å². The molecule has 2 aromatic heterocycles. The number of nitrogens with zero attached hydrogens (tertiary/aromatic N) is 6. The van der Waals surface area contributed by atoms with Crippen LogP contribution in [0.3, 0.4) is 0 Å². The van der Waals surface area contributed by atoms with Crippen molar-refractivity contribution >= 4 is 22.9 Å². The van der Waals surface area contributed by atoms with E-state index in [1.807, 2.05) is 28.9 Å². The van der Waals surface area contributed by atoms with Gasteiger partial charge in [0.1, 0.15) is 5.52 Å². The number of aryl methyl sites for hydroxylation is 1. The molecular weight excluding hydrogens is 380 g/mol. The maximum absolute atomic E-state index is 13.0. The Morgan fingerprint density at radius 3 is 2.50 bits per heavy atom. The highest BCUT2D eigenvalue weighted by molar-refractivity contribution is 5.79. The number of piperazine rings is 1. The standard InChI is InChI=1S/C22H32N6O2/c1-3-10-25-13-15-27(16-14-25)21(29)17-7-11-26(12-8-17)20-22(30)28(4-2)19-18(24-20)6-5-9-23-19/h5-6,9,17H,3-4,7-8,10-16H2,1-2H3. The summed E-state index contributed by atoms with van der Waals surface area (Å²) in [4.78, 5) is 41.5. The molecule has 4 heterocycles. The highest BCUT2D eigenvalue weighted by atomic mass is 16.2. The van der Waals surface area contributed by atoms with Crippen molar-refractivity contribution in [3.63, 3.8) is 0 Å². The monoisotopic (exact) mass is 412 g/mol. The first-order chi connectivity index (χ1) is 14.6. The van der Waals surface area contributed by atoms with Crippen LogP contribution in [0.2, 0.25) is 0 Å². The number of hydrogen-bond donors (Lipinski definition) is 0. The number of hydrogen-bond acceptors (Lipinski definition) is 6. The van der Waals surface area contributed by atoms with Crippen LogP contribution < -0.4 is 10.5 Å². The number of pyridine rings is 1. The highest BCUT2D eigenvalue weighted by Crippen LogP contribution is 2.23. The Morgan fingerprint density at radius 2 is 1.83 bits per heavy atom. The molecule has 0 atom stereocenters. The number of fused-ring (bicyclic) bond motifs is 1. The molecule has 2 aromatic rings. The molecule has 1 amide bonds. The van der Waals surface area contributed by atoms with Gasteiger partial charge in [-0.05, 0) is 44.9 Å². The molecule has 8 nitrogen and oxygen atoms in total. The molecule has 0 aliphatic carbocycles. The number of piperidine rings is 1. The van der Waals surface area contributed by atoms with Gasteiger partial charge in [0, 0.05) is 57.9 Å². The number of rotatable bonds is 5. The van der Waals surface area contributed by atoms with E-state index >= 15 is 0 Å². The topological polar surface area (TPSA) is 74.6 Å². The summed E-state index contributed by atoms with van der Waals surface area (Å²) >= 11 is 0. The third kappa shape index (κ3) is 4.05. The van der Waals surface area contributed by atoms with Gasteiger partial charge >= 0.3 is 0 Å². The van der Waals surface area contributed by atoms with Crippen molar-refractivity contribution in [2.24, 2.45) is 5.92 Å². The Balaban J connectivity index is 1.42. The van der Waals surface area contributed by atoms with Gasteiger partial charge in [-0.3, -0.25) is 19.1 Å². The summed E-state index contributed by atoms with van der Waals surface area (Å²) in [6, 6.07) is 3.74. The molecule has 0 radical (unpaired) electrons. The second kappa shape index (κ2) is 9.12. The van der Waals surface area contributed by atoms with E-state index < -0.39 is 0 Å². The fraction of sp³-hybridized carbons (Fsp3) is 0.636. The smallest absolute Gasteiger partial charge is 0.295 e. The summed E-state index contributed by atoms with van der Waals surface area (Å²) in [5, 5.41) is 0. The summed E-state index contributed by atoms with van der Waals surface area (Å²) in [7, 11) is 0. The Labute approximate surface area is 177 Å². The van der Waals surface area contributed by atoms with Crippen molar-refractivity contribution < 1.29 is 4.79 Å². The zero-order valence-electron chi connectivity index (χ0n) is 18.1. The van der Waals surface area contributed by atoms with Crippen LogP contribution in [0.15, 0.2) is 23.1 Å². The molecule has 2 aliphatic heterocycles. The minimum Gasteiger partial charge on any atom is -0.352 e. The Bertz CT molecular complexity index is 942. The van der Waals surface area contributed by atoms with E-state index in [2.05, 4.69) is 21.8 Å². The van der Waals surface area contributed by atoms with Gasteiger partial charge in [-0.15, -0.1) is 0 Å². The third-order valence-corrected chi connectivity index (χ3v) is 6.37. The van der Waals surface area contributed by atoms with Gasteiger partial charge in [0.05, 0.1) is 0 Å².